The zero-order valence-corrected chi connectivity index (χ0v) is 35.1. The van der Waals surface area contributed by atoms with Gasteiger partial charge in [0, 0.05) is 84.6 Å². The molecule has 0 amide bonds. The average molecular weight is 797 g/mol. The molecule has 1 aromatic heterocycles. The quantitative estimate of drug-likeness (QED) is 0.0206. The predicted octanol–water partition coefficient (Wildman–Crippen LogP) is 8.42. The highest BCUT2D eigenvalue weighted by Gasteiger charge is 2.43. The molecule has 13 nitrogen and oxygen atoms in total. The minimum atomic E-state index is -4.30. The second-order valence-electron chi connectivity index (χ2n) is 16.1. The van der Waals surface area contributed by atoms with Crippen molar-refractivity contribution in [2.45, 2.75) is 115 Å². The summed E-state index contributed by atoms with van der Waals surface area (Å²) in [5.74, 6) is 0.318. The van der Waals surface area contributed by atoms with E-state index >= 15 is 0 Å². The molecule has 0 radical (unpaired) electrons. The number of nitrogens with one attached hydrogen (secondary N) is 1. The number of hydrogen-bond donors (Lipinski definition) is 2. The first-order chi connectivity index (χ1) is 27.1. The molecular formula is C43H58N9O4S+. The zero-order chi connectivity index (χ0) is 41.2. The molecule has 0 atom stereocenters. The number of benzene rings is 2. The highest BCUT2D eigenvalue weighted by molar-refractivity contribution is 7.85. The summed E-state index contributed by atoms with van der Waals surface area (Å²) in [5.41, 5.74) is 16.4. The van der Waals surface area contributed by atoms with Gasteiger partial charge in [-0.1, -0.05) is 66.5 Å². The van der Waals surface area contributed by atoms with E-state index in [0.29, 0.717) is 31.7 Å². The van der Waals surface area contributed by atoms with E-state index in [4.69, 9.17) is 5.53 Å². The highest BCUT2D eigenvalue weighted by Crippen LogP contribution is 2.48. The molecule has 2 N–H and O–H groups in total. The molecule has 0 spiro atoms. The van der Waals surface area contributed by atoms with E-state index < -0.39 is 15.5 Å². The van der Waals surface area contributed by atoms with Gasteiger partial charge in [-0.05, 0) is 94.8 Å². The summed E-state index contributed by atoms with van der Waals surface area (Å²) in [7, 11) is -2.33. The topological polar surface area (TPSA) is 169 Å². The van der Waals surface area contributed by atoms with Crippen LogP contribution in [0.1, 0.15) is 101 Å². The number of azide groups is 1. The Bertz CT molecular complexity index is 2210. The Kier molecular flexibility index (Phi) is 14.4. The van der Waals surface area contributed by atoms with Gasteiger partial charge in [0.05, 0.1) is 16.0 Å². The zero-order valence-electron chi connectivity index (χ0n) is 34.3. The minimum Gasteiger partial charge on any atom is -0.344 e. The van der Waals surface area contributed by atoms with Crippen molar-refractivity contribution in [3.63, 3.8) is 0 Å². The molecule has 57 heavy (non-hydrogen) atoms. The molecular weight excluding hydrogens is 739 g/mol. The Hall–Kier alpha value is -4.88. The predicted molar refractivity (Wildman–Crippen MR) is 226 cm³/mol. The third kappa shape index (κ3) is 10.7. The lowest BCUT2D eigenvalue weighted by Gasteiger charge is -2.27. The molecule has 2 aromatic carbocycles. The van der Waals surface area contributed by atoms with Gasteiger partial charge in [0.15, 0.2) is 5.71 Å². The SMILES string of the molecule is Cc1ccc2c(c1)C(C)(C)C(=CC=CC=CC1=[N+](C)c3ccc(S(=O)(=O)O)cc3C1(C)C)N2CCCCCC(=O)CCCCn1cc(CNCCCN=[N+]=[N-])nn1. The fourth-order valence-electron chi connectivity index (χ4n) is 7.92. The van der Waals surface area contributed by atoms with E-state index in [1.165, 1.54) is 28.6 Å². The normalized spacial score (nSPS) is 16.5. The largest absolute Gasteiger partial charge is 0.344 e. The number of anilines is 1. The van der Waals surface area contributed by atoms with Crippen molar-refractivity contribution in [3.8, 4) is 0 Å². The maximum atomic E-state index is 12.7. The van der Waals surface area contributed by atoms with E-state index in [9.17, 15) is 17.8 Å². The number of fused-ring (bicyclic) bond motifs is 2. The number of unbranched alkanes of at least 4 members (excludes halogenated alkanes) is 3. The number of rotatable bonds is 21. The minimum absolute atomic E-state index is 0.0997. The lowest BCUT2D eigenvalue weighted by molar-refractivity contribution is -0.401. The van der Waals surface area contributed by atoms with Gasteiger partial charge in [0.25, 0.3) is 10.1 Å². The van der Waals surface area contributed by atoms with E-state index in [1.807, 2.05) is 30.1 Å². The van der Waals surface area contributed by atoms with Crippen LogP contribution in [-0.4, -0.2) is 70.7 Å². The molecule has 3 aromatic rings. The number of Topliss-reactive ketones (excluding diaryl/α,β-unsaturated/α-hetero) is 1. The van der Waals surface area contributed by atoms with Crippen molar-refractivity contribution >= 4 is 33.0 Å². The Labute approximate surface area is 337 Å². The van der Waals surface area contributed by atoms with Gasteiger partial charge in [-0.15, -0.1) is 5.10 Å². The van der Waals surface area contributed by atoms with Gasteiger partial charge in [-0.3, -0.25) is 14.0 Å². The molecule has 0 unspecified atom stereocenters. The fourth-order valence-corrected chi connectivity index (χ4v) is 8.42. The first-order valence-corrected chi connectivity index (χ1v) is 21.4. The number of aryl methyl sites for hydroxylation is 2. The number of nitrogens with zero attached hydrogens (tertiary/aromatic N) is 8. The van der Waals surface area contributed by atoms with Crippen LogP contribution in [0.3, 0.4) is 0 Å². The molecule has 3 heterocycles. The van der Waals surface area contributed by atoms with E-state index in [2.05, 4.69) is 106 Å². The molecule has 14 heteroatoms. The molecule has 0 saturated carbocycles. The van der Waals surface area contributed by atoms with E-state index in [1.54, 1.807) is 12.1 Å². The summed E-state index contributed by atoms with van der Waals surface area (Å²) >= 11 is 0. The van der Waals surface area contributed by atoms with E-state index in [-0.39, 0.29) is 10.3 Å². The third-order valence-corrected chi connectivity index (χ3v) is 11.9. The number of aromatic nitrogens is 3. The molecule has 0 fully saturated rings. The van der Waals surface area contributed by atoms with Crippen molar-refractivity contribution < 1.29 is 22.3 Å². The molecule has 0 saturated heterocycles. The Morgan fingerprint density at radius 3 is 2.47 bits per heavy atom. The van der Waals surface area contributed by atoms with Gasteiger partial charge >= 0.3 is 0 Å². The van der Waals surface area contributed by atoms with E-state index in [0.717, 1.165) is 80.8 Å². The van der Waals surface area contributed by atoms with Crippen molar-refractivity contribution in [2.75, 3.05) is 31.6 Å². The van der Waals surface area contributed by atoms with Crippen molar-refractivity contribution in [1.82, 2.24) is 20.3 Å². The number of carbonyl (C=O) groups excluding carboxylic acids is 1. The fraction of sp³-hybridized carbons (Fsp3) is 0.488. The van der Waals surface area contributed by atoms with Crippen LogP contribution in [0.15, 0.2) is 88.7 Å². The van der Waals surface area contributed by atoms with Gasteiger partial charge < -0.3 is 10.2 Å². The Balaban J connectivity index is 1.10. The summed E-state index contributed by atoms with van der Waals surface area (Å²) in [6.45, 7) is 14.2. The summed E-state index contributed by atoms with van der Waals surface area (Å²) < 4.78 is 37.2. The average Bonchev–Trinajstić information content (AvgIpc) is 3.76. The standard InChI is InChI=1S/C43H57N9O4S/c1-32-20-22-39-36(28-32)43(4,5)41(19-11-7-10-18-40-42(2,3)37-29-35(57(54,55)56)21-23-38(37)50(40)6)52(39)27-13-8-9-16-34(53)17-12-14-26-51-31-33(47-49-51)30-45-24-15-25-46-48-44/h7,10-11,18-23,28-29,31,45H,8-9,12-17,24-27,30H2,1-6H3/p+1. The maximum Gasteiger partial charge on any atom is 0.294 e. The van der Waals surface area contributed by atoms with Crippen LogP contribution in [0.4, 0.5) is 11.4 Å². The van der Waals surface area contributed by atoms with Gasteiger partial charge in [0.1, 0.15) is 12.8 Å². The van der Waals surface area contributed by atoms with Crippen LogP contribution in [0, 0.1) is 6.92 Å². The first-order valence-electron chi connectivity index (χ1n) is 19.9. The Morgan fingerprint density at radius 2 is 1.72 bits per heavy atom. The van der Waals surface area contributed by atoms with Gasteiger partial charge in [-0.2, -0.15) is 13.0 Å². The van der Waals surface area contributed by atoms with Crippen molar-refractivity contribution in [3.05, 3.63) is 111 Å². The molecule has 2 aliphatic heterocycles. The Morgan fingerprint density at radius 1 is 0.965 bits per heavy atom. The lowest BCUT2D eigenvalue weighted by atomic mass is 9.81. The summed E-state index contributed by atoms with van der Waals surface area (Å²) in [6, 6.07) is 11.5. The second kappa shape index (κ2) is 19.0. The summed E-state index contributed by atoms with van der Waals surface area (Å²) in [5, 5.41) is 15.2. The van der Waals surface area contributed by atoms with Crippen LogP contribution in [0.2, 0.25) is 0 Å². The van der Waals surface area contributed by atoms with Crippen LogP contribution < -0.4 is 10.2 Å². The van der Waals surface area contributed by atoms with Gasteiger partial charge in [0.2, 0.25) is 5.69 Å². The third-order valence-electron chi connectivity index (χ3n) is 11.1. The van der Waals surface area contributed by atoms with Crippen LogP contribution in [-0.2, 0) is 38.8 Å². The number of allylic oxidation sites excluding steroid dienone is 6. The summed E-state index contributed by atoms with van der Waals surface area (Å²) in [4.78, 5) is 17.8. The molecule has 2 aliphatic rings. The monoisotopic (exact) mass is 796 g/mol. The molecule has 0 aliphatic carbocycles. The summed E-state index contributed by atoms with van der Waals surface area (Å²) in [6.07, 6.45) is 18.9. The van der Waals surface area contributed by atoms with Crippen molar-refractivity contribution in [2.24, 2.45) is 5.11 Å². The van der Waals surface area contributed by atoms with Gasteiger partial charge in [-0.25, -0.2) is 0 Å². The molecule has 5 rings (SSSR count). The number of ketones is 1. The smallest absolute Gasteiger partial charge is 0.294 e. The van der Waals surface area contributed by atoms with Crippen LogP contribution in [0.25, 0.3) is 10.4 Å². The van der Waals surface area contributed by atoms with Crippen LogP contribution >= 0.6 is 0 Å². The van der Waals surface area contributed by atoms with Crippen LogP contribution in [0.5, 0.6) is 0 Å². The number of hydrogen-bond acceptors (Lipinski definition) is 8. The second-order valence-corrected chi connectivity index (χ2v) is 17.5. The molecule has 304 valence electrons. The first kappa shape index (κ1) is 43.2. The van der Waals surface area contributed by atoms with Crippen molar-refractivity contribution in [1.29, 1.82) is 0 Å². The number of carbonyl (C=O) groups is 1. The highest BCUT2D eigenvalue weighted by atomic mass is 32.2. The maximum absolute atomic E-state index is 12.7. The lowest BCUT2D eigenvalue weighted by Crippen LogP contribution is -2.27. The molecule has 0 bridgehead atoms.